The Morgan fingerprint density at radius 3 is 2.76 bits per heavy atom. The zero-order valence-corrected chi connectivity index (χ0v) is 13.6. The predicted octanol–water partition coefficient (Wildman–Crippen LogP) is 3.33. The molecule has 7 heteroatoms. The van der Waals surface area contributed by atoms with E-state index in [-0.39, 0.29) is 0 Å². The molecule has 0 aliphatic carbocycles. The molecule has 0 fully saturated rings. The SMILES string of the molecule is CSCCC(NC(=O)/C=C/c1cccc(Cl)c1Cl)C(=O)O. The average molecular weight is 348 g/mol. The van der Waals surface area contributed by atoms with Crippen LogP contribution in [0.15, 0.2) is 24.3 Å². The smallest absolute Gasteiger partial charge is 0.326 e. The van der Waals surface area contributed by atoms with Gasteiger partial charge in [0.15, 0.2) is 0 Å². The summed E-state index contributed by atoms with van der Waals surface area (Å²) < 4.78 is 0. The number of rotatable bonds is 7. The molecule has 1 atom stereocenters. The first-order valence-corrected chi connectivity index (χ1v) is 8.25. The lowest BCUT2D eigenvalue weighted by Gasteiger charge is -2.12. The van der Waals surface area contributed by atoms with Gasteiger partial charge in [0.05, 0.1) is 10.0 Å². The maximum atomic E-state index is 11.7. The van der Waals surface area contributed by atoms with E-state index >= 15 is 0 Å². The van der Waals surface area contributed by atoms with Crippen LogP contribution in [0.3, 0.4) is 0 Å². The number of nitrogens with one attached hydrogen (secondary N) is 1. The highest BCUT2D eigenvalue weighted by atomic mass is 35.5. The van der Waals surface area contributed by atoms with E-state index in [4.69, 9.17) is 28.3 Å². The Labute approximate surface area is 137 Å². The molecule has 1 rings (SSSR count). The van der Waals surface area contributed by atoms with Gasteiger partial charge in [-0.2, -0.15) is 11.8 Å². The monoisotopic (exact) mass is 347 g/mol. The highest BCUT2D eigenvalue weighted by Crippen LogP contribution is 2.26. The molecule has 0 radical (unpaired) electrons. The van der Waals surface area contributed by atoms with Gasteiger partial charge in [0.2, 0.25) is 5.91 Å². The number of amides is 1. The Morgan fingerprint density at radius 2 is 2.14 bits per heavy atom. The number of carboxylic acid groups (broad SMARTS) is 1. The van der Waals surface area contributed by atoms with Crippen molar-refractivity contribution in [1.82, 2.24) is 5.32 Å². The van der Waals surface area contributed by atoms with Crippen LogP contribution in [0.1, 0.15) is 12.0 Å². The fraction of sp³-hybridized carbons (Fsp3) is 0.286. The van der Waals surface area contributed by atoms with E-state index in [9.17, 15) is 9.59 Å². The predicted molar refractivity (Wildman–Crippen MR) is 88.1 cm³/mol. The number of carbonyl (C=O) groups excluding carboxylic acids is 1. The molecule has 1 aromatic rings. The molecule has 1 aromatic carbocycles. The molecular formula is C14H15Cl2NO3S. The lowest BCUT2D eigenvalue weighted by molar-refractivity contribution is -0.141. The van der Waals surface area contributed by atoms with Crippen LogP contribution in [0, 0.1) is 0 Å². The Hall–Kier alpha value is -1.17. The Morgan fingerprint density at radius 1 is 1.43 bits per heavy atom. The molecule has 0 spiro atoms. The molecule has 2 N–H and O–H groups in total. The van der Waals surface area contributed by atoms with Crippen molar-refractivity contribution >= 4 is 52.9 Å². The van der Waals surface area contributed by atoms with Crippen molar-refractivity contribution in [1.29, 1.82) is 0 Å². The topological polar surface area (TPSA) is 66.4 Å². The van der Waals surface area contributed by atoms with Crippen molar-refractivity contribution in [3.05, 3.63) is 39.9 Å². The largest absolute Gasteiger partial charge is 0.480 e. The highest BCUT2D eigenvalue weighted by Gasteiger charge is 2.18. The van der Waals surface area contributed by atoms with E-state index in [0.717, 1.165) is 0 Å². The first-order chi connectivity index (χ1) is 9.95. The molecule has 0 aliphatic heterocycles. The van der Waals surface area contributed by atoms with E-state index in [1.807, 2.05) is 6.26 Å². The summed E-state index contributed by atoms with van der Waals surface area (Å²) in [5.41, 5.74) is 0.593. The van der Waals surface area contributed by atoms with Gasteiger partial charge >= 0.3 is 5.97 Å². The summed E-state index contributed by atoms with van der Waals surface area (Å²) in [5.74, 6) is -0.882. The Balaban J connectivity index is 2.69. The molecule has 0 bridgehead atoms. The van der Waals surface area contributed by atoms with Crippen molar-refractivity contribution in [2.45, 2.75) is 12.5 Å². The van der Waals surface area contributed by atoms with Crippen molar-refractivity contribution in [2.75, 3.05) is 12.0 Å². The zero-order chi connectivity index (χ0) is 15.8. The fourth-order valence-electron chi connectivity index (χ4n) is 1.53. The van der Waals surface area contributed by atoms with E-state index in [0.29, 0.717) is 27.8 Å². The second-order valence-corrected chi connectivity index (χ2v) is 5.93. The van der Waals surface area contributed by atoms with Gasteiger partial charge in [0, 0.05) is 6.08 Å². The summed E-state index contributed by atoms with van der Waals surface area (Å²) in [6, 6.07) is 4.17. The summed E-state index contributed by atoms with van der Waals surface area (Å²) in [5, 5.41) is 12.2. The number of hydrogen-bond donors (Lipinski definition) is 2. The van der Waals surface area contributed by atoms with Crippen LogP contribution in [0.4, 0.5) is 0 Å². The molecule has 4 nitrogen and oxygen atoms in total. The minimum atomic E-state index is -1.05. The van der Waals surface area contributed by atoms with Crippen LogP contribution >= 0.6 is 35.0 Å². The minimum absolute atomic E-state index is 0.348. The zero-order valence-electron chi connectivity index (χ0n) is 11.3. The number of aliphatic carboxylic acids is 1. The second kappa shape index (κ2) is 8.97. The van der Waals surface area contributed by atoms with Gasteiger partial charge in [-0.3, -0.25) is 4.79 Å². The van der Waals surface area contributed by atoms with Crippen molar-refractivity contribution in [3.8, 4) is 0 Å². The summed E-state index contributed by atoms with van der Waals surface area (Å²) in [6.45, 7) is 0. The number of carboxylic acids is 1. The van der Waals surface area contributed by atoms with Gasteiger partial charge in [0.1, 0.15) is 6.04 Å². The van der Waals surface area contributed by atoms with Crippen LogP contribution in [0.2, 0.25) is 10.0 Å². The Bertz CT molecular complexity index is 549. The Kier molecular flexibility index (Phi) is 7.64. The maximum absolute atomic E-state index is 11.7. The molecule has 0 heterocycles. The third kappa shape index (κ3) is 5.99. The van der Waals surface area contributed by atoms with Gasteiger partial charge in [0.25, 0.3) is 0 Å². The van der Waals surface area contributed by atoms with Gasteiger partial charge in [-0.05, 0) is 36.1 Å². The molecule has 1 amide bonds. The molecule has 0 aliphatic rings. The summed E-state index contributed by atoms with van der Waals surface area (Å²) >= 11 is 13.4. The first kappa shape index (κ1) is 17.9. The third-order valence-corrected chi connectivity index (χ3v) is 4.10. The number of halogens is 2. The normalized spacial score (nSPS) is 12.3. The van der Waals surface area contributed by atoms with Crippen molar-refractivity contribution in [2.24, 2.45) is 0 Å². The van der Waals surface area contributed by atoms with Crippen LogP contribution < -0.4 is 5.32 Å². The van der Waals surface area contributed by atoms with Gasteiger partial charge in [-0.15, -0.1) is 0 Å². The first-order valence-electron chi connectivity index (χ1n) is 6.10. The summed E-state index contributed by atoms with van der Waals surface area (Å²) in [6.07, 6.45) is 4.99. The molecule has 0 saturated carbocycles. The average Bonchev–Trinajstić information content (AvgIpc) is 2.44. The van der Waals surface area contributed by atoms with E-state index in [1.54, 1.807) is 18.2 Å². The number of carbonyl (C=O) groups is 2. The van der Waals surface area contributed by atoms with E-state index in [1.165, 1.54) is 23.9 Å². The summed E-state index contributed by atoms with van der Waals surface area (Å²) in [7, 11) is 0. The quantitative estimate of drug-likeness (QED) is 0.742. The van der Waals surface area contributed by atoms with E-state index in [2.05, 4.69) is 5.32 Å². The van der Waals surface area contributed by atoms with Crippen LogP contribution in [0.25, 0.3) is 6.08 Å². The lowest BCUT2D eigenvalue weighted by Crippen LogP contribution is -2.40. The van der Waals surface area contributed by atoms with Crippen LogP contribution in [0.5, 0.6) is 0 Å². The van der Waals surface area contributed by atoms with Crippen molar-refractivity contribution < 1.29 is 14.7 Å². The number of thioether (sulfide) groups is 1. The second-order valence-electron chi connectivity index (χ2n) is 4.16. The molecular weight excluding hydrogens is 333 g/mol. The van der Waals surface area contributed by atoms with Crippen LogP contribution in [-0.4, -0.2) is 35.0 Å². The van der Waals surface area contributed by atoms with Gasteiger partial charge in [-0.25, -0.2) is 4.79 Å². The van der Waals surface area contributed by atoms with Crippen LogP contribution in [-0.2, 0) is 9.59 Å². The molecule has 114 valence electrons. The molecule has 1 unspecified atom stereocenters. The highest BCUT2D eigenvalue weighted by molar-refractivity contribution is 7.98. The van der Waals surface area contributed by atoms with Gasteiger partial charge in [-0.1, -0.05) is 35.3 Å². The van der Waals surface area contributed by atoms with Crippen molar-refractivity contribution in [3.63, 3.8) is 0 Å². The maximum Gasteiger partial charge on any atom is 0.326 e. The molecule has 0 aromatic heterocycles. The standard InChI is InChI=1S/C14H15Cl2NO3S/c1-21-8-7-11(14(19)20)17-12(18)6-5-9-3-2-4-10(15)13(9)16/h2-6,11H,7-8H2,1H3,(H,17,18)(H,19,20)/b6-5+. The lowest BCUT2D eigenvalue weighted by atomic mass is 10.2. The van der Waals surface area contributed by atoms with Gasteiger partial charge < -0.3 is 10.4 Å². The minimum Gasteiger partial charge on any atom is -0.480 e. The number of benzene rings is 1. The molecule has 21 heavy (non-hydrogen) atoms. The third-order valence-electron chi connectivity index (χ3n) is 2.62. The summed E-state index contributed by atoms with van der Waals surface area (Å²) in [4.78, 5) is 22.8. The molecule has 0 saturated heterocycles. The fourth-order valence-corrected chi connectivity index (χ4v) is 2.37. The van der Waals surface area contributed by atoms with E-state index < -0.39 is 17.9 Å². The number of hydrogen-bond acceptors (Lipinski definition) is 3.